The van der Waals surface area contributed by atoms with E-state index in [0.717, 1.165) is 25.1 Å². The maximum atomic E-state index is 13.4. The molecule has 0 saturated carbocycles. The van der Waals surface area contributed by atoms with Crippen LogP contribution in [0.1, 0.15) is 17.5 Å². The molecule has 0 spiro atoms. The normalized spacial score (nSPS) is 10.9. The third-order valence-corrected chi connectivity index (χ3v) is 2.82. The Kier molecular flexibility index (Phi) is 6.18. The molecule has 0 saturated heterocycles. The fourth-order valence-corrected chi connectivity index (χ4v) is 1.87. The molecule has 0 heterocycles. The van der Waals surface area contributed by atoms with E-state index in [0.29, 0.717) is 12.1 Å². The van der Waals surface area contributed by atoms with Crippen LogP contribution in [0.3, 0.4) is 0 Å². The van der Waals surface area contributed by atoms with Crippen LogP contribution in [0.4, 0.5) is 4.39 Å². The van der Waals surface area contributed by atoms with Crippen molar-refractivity contribution in [3.63, 3.8) is 0 Å². The molecule has 0 radical (unpaired) electrons. The molecule has 0 atom stereocenters. The average Bonchev–Trinajstić information content (AvgIpc) is 2.28. The fourth-order valence-electron chi connectivity index (χ4n) is 1.75. The van der Waals surface area contributed by atoms with E-state index >= 15 is 0 Å². The first-order chi connectivity index (χ1) is 8.52. The van der Waals surface area contributed by atoms with Gasteiger partial charge in [-0.3, -0.25) is 0 Å². The summed E-state index contributed by atoms with van der Waals surface area (Å²) in [4.78, 5) is 2.33. The van der Waals surface area contributed by atoms with Crippen LogP contribution in [0.2, 0.25) is 0 Å². The monoisotopic (exact) mass is 270 g/mol. The Morgan fingerprint density at radius 3 is 2.78 bits per heavy atom. The van der Waals surface area contributed by atoms with Gasteiger partial charge in [0, 0.05) is 32.4 Å². The fraction of sp³-hybridized carbons (Fsp3) is 0.462. The number of hydrogen-bond donors (Lipinski definition) is 1. The van der Waals surface area contributed by atoms with Gasteiger partial charge in [-0.1, -0.05) is 12.2 Å². The van der Waals surface area contributed by atoms with Crippen molar-refractivity contribution < 1.29 is 9.13 Å². The average molecular weight is 270 g/mol. The van der Waals surface area contributed by atoms with Gasteiger partial charge in [-0.15, -0.1) is 0 Å². The van der Waals surface area contributed by atoms with Gasteiger partial charge in [-0.2, -0.15) is 0 Å². The molecule has 2 N–H and O–H groups in total. The van der Waals surface area contributed by atoms with Crippen LogP contribution in [-0.4, -0.2) is 37.2 Å². The van der Waals surface area contributed by atoms with E-state index < -0.39 is 0 Å². The van der Waals surface area contributed by atoms with Gasteiger partial charge in [0.1, 0.15) is 10.8 Å². The number of nitrogens with zero attached hydrogens (tertiary/aromatic N) is 1. The number of thiocarbonyl (C=S) groups is 1. The van der Waals surface area contributed by atoms with Crippen LogP contribution >= 0.6 is 12.2 Å². The van der Waals surface area contributed by atoms with E-state index in [1.807, 2.05) is 13.1 Å². The zero-order chi connectivity index (χ0) is 13.5. The number of hydrogen-bond acceptors (Lipinski definition) is 3. The van der Waals surface area contributed by atoms with Crippen LogP contribution in [0.15, 0.2) is 18.2 Å². The number of ether oxygens (including phenoxy) is 1. The summed E-state index contributed by atoms with van der Waals surface area (Å²) in [7, 11) is 3.67. The molecule has 0 fully saturated rings. The van der Waals surface area contributed by atoms with Crippen LogP contribution in [-0.2, 0) is 11.3 Å². The van der Waals surface area contributed by atoms with Crippen LogP contribution in [0.25, 0.3) is 0 Å². The van der Waals surface area contributed by atoms with Gasteiger partial charge < -0.3 is 15.4 Å². The molecule has 0 bridgehead atoms. The van der Waals surface area contributed by atoms with Gasteiger partial charge in [-0.25, -0.2) is 4.39 Å². The number of nitrogens with two attached hydrogens (primary N) is 1. The van der Waals surface area contributed by atoms with Crippen molar-refractivity contribution in [1.82, 2.24) is 4.90 Å². The molecule has 0 aliphatic heterocycles. The Morgan fingerprint density at radius 1 is 1.44 bits per heavy atom. The Bertz CT molecular complexity index is 412. The third-order valence-electron chi connectivity index (χ3n) is 2.58. The van der Waals surface area contributed by atoms with E-state index in [4.69, 9.17) is 22.7 Å². The molecule has 0 amide bonds. The molecule has 18 heavy (non-hydrogen) atoms. The summed E-state index contributed by atoms with van der Waals surface area (Å²) in [5.74, 6) is -0.305. The molecule has 5 heteroatoms. The summed E-state index contributed by atoms with van der Waals surface area (Å²) < 4.78 is 18.4. The summed E-state index contributed by atoms with van der Waals surface area (Å²) in [6.07, 6.45) is 0.949. The van der Waals surface area contributed by atoms with E-state index in [1.54, 1.807) is 7.11 Å². The molecule has 0 aliphatic rings. The van der Waals surface area contributed by atoms with Gasteiger partial charge in [0.15, 0.2) is 0 Å². The minimum absolute atomic E-state index is 0.220. The molecule has 100 valence electrons. The zero-order valence-corrected chi connectivity index (χ0v) is 11.6. The second-order valence-electron chi connectivity index (χ2n) is 4.30. The van der Waals surface area contributed by atoms with E-state index in [1.165, 1.54) is 12.1 Å². The lowest BCUT2D eigenvalue weighted by Crippen LogP contribution is -2.20. The molecule has 1 rings (SSSR count). The summed E-state index contributed by atoms with van der Waals surface area (Å²) in [6, 6.07) is 4.70. The summed E-state index contributed by atoms with van der Waals surface area (Å²) in [5.41, 5.74) is 6.96. The Labute approximate surface area is 113 Å². The van der Waals surface area contributed by atoms with Gasteiger partial charge in [0.2, 0.25) is 0 Å². The summed E-state index contributed by atoms with van der Waals surface area (Å²) >= 11 is 4.86. The standard InChI is InChI=1S/C13H19FN2OS/c1-16(4-3-5-17-2)9-10-6-11(13(15)18)8-12(14)7-10/h6-8H,3-5,9H2,1-2H3,(H2,15,18). The van der Waals surface area contributed by atoms with Crippen molar-refractivity contribution in [3.8, 4) is 0 Å². The van der Waals surface area contributed by atoms with Crippen molar-refractivity contribution in [2.75, 3.05) is 27.3 Å². The van der Waals surface area contributed by atoms with Crippen LogP contribution in [0, 0.1) is 5.82 Å². The summed E-state index contributed by atoms with van der Waals surface area (Å²) in [6.45, 7) is 2.29. The Balaban J connectivity index is 2.63. The number of benzene rings is 1. The second-order valence-corrected chi connectivity index (χ2v) is 4.74. The molecule has 1 aromatic carbocycles. The van der Waals surface area contributed by atoms with Crippen molar-refractivity contribution in [1.29, 1.82) is 0 Å². The lowest BCUT2D eigenvalue weighted by Gasteiger charge is -2.17. The minimum atomic E-state index is -0.305. The highest BCUT2D eigenvalue weighted by molar-refractivity contribution is 7.80. The SMILES string of the molecule is COCCCN(C)Cc1cc(F)cc(C(N)=S)c1. The van der Waals surface area contributed by atoms with Crippen molar-refractivity contribution in [2.45, 2.75) is 13.0 Å². The van der Waals surface area contributed by atoms with E-state index in [-0.39, 0.29) is 10.8 Å². The second kappa shape index (κ2) is 7.41. The predicted molar refractivity (Wildman–Crippen MR) is 75.1 cm³/mol. The Morgan fingerprint density at radius 2 is 2.17 bits per heavy atom. The van der Waals surface area contributed by atoms with Gasteiger partial charge in [0.05, 0.1) is 0 Å². The highest BCUT2D eigenvalue weighted by atomic mass is 32.1. The molecule has 0 aliphatic carbocycles. The largest absolute Gasteiger partial charge is 0.389 e. The first kappa shape index (κ1) is 15.0. The quantitative estimate of drug-likeness (QED) is 0.607. The lowest BCUT2D eigenvalue weighted by atomic mass is 10.1. The molecule has 3 nitrogen and oxygen atoms in total. The lowest BCUT2D eigenvalue weighted by molar-refractivity contribution is 0.178. The minimum Gasteiger partial charge on any atom is -0.389 e. The highest BCUT2D eigenvalue weighted by Crippen LogP contribution is 2.11. The predicted octanol–water partition coefficient (Wildman–Crippen LogP) is 1.93. The van der Waals surface area contributed by atoms with Crippen molar-refractivity contribution in [2.24, 2.45) is 5.73 Å². The van der Waals surface area contributed by atoms with E-state index in [9.17, 15) is 4.39 Å². The molecular weight excluding hydrogens is 251 g/mol. The van der Waals surface area contributed by atoms with Crippen molar-refractivity contribution in [3.05, 3.63) is 35.1 Å². The van der Waals surface area contributed by atoms with Gasteiger partial charge in [-0.05, 0) is 37.2 Å². The van der Waals surface area contributed by atoms with Crippen molar-refractivity contribution >= 4 is 17.2 Å². The molecule has 0 unspecified atom stereocenters. The van der Waals surface area contributed by atoms with Crippen LogP contribution < -0.4 is 5.73 Å². The van der Waals surface area contributed by atoms with Crippen LogP contribution in [0.5, 0.6) is 0 Å². The highest BCUT2D eigenvalue weighted by Gasteiger charge is 2.05. The number of halogens is 1. The van der Waals surface area contributed by atoms with E-state index in [2.05, 4.69) is 4.90 Å². The van der Waals surface area contributed by atoms with Gasteiger partial charge in [0.25, 0.3) is 0 Å². The first-order valence-corrected chi connectivity index (χ1v) is 6.20. The van der Waals surface area contributed by atoms with Gasteiger partial charge >= 0.3 is 0 Å². The maximum absolute atomic E-state index is 13.4. The summed E-state index contributed by atoms with van der Waals surface area (Å²) in [5, 5.41) is 0. The third kappa shape index (κ3) is 5.08. The first-order valence-electron chi connectivity index (χ1n) is 5.79. The Hall–Kier alpha value is -1.04. The smallest absolute Gasteiger partial charge is 0.124 e. The molecular formula is C13H19FN2OS. The zero-order valence-electron chi connectivity index (χ0n) is 10.8. The maximum Gasteiger partial charge on any atom is 0.124 e. The molecule has 1 aromatic rings. The molecule has 0 aromatic heterocycles. The number of rotatable bonds is 7. The topological polar surface area (TPSA) is 38.5 Å². The number of methoxy groups -OCH3 is 1.